The molecule has 0 amide bonds. The second-order valence-electron chi connectivity index (χ2n) is 8.79. The Kier molecular flexibility index (Phi) is 8.48. The van der Waals surface area contributed by atoms with E-state index < -0.39 is 0 Å². The van der Waals surface area contributed by atoms with Crippen LogP contribution in [0.25, 0.3) is 22.5 Å². The van der Waals surface area contributed by atoms with Crippen LogP contribution in [0.2, 0.25) is 0 Å². The topological polar surface area (TPSA) is 140 Å². The highest BCUT2D eigenvalue weighted by molar-refractivity contribution is 5.66. The molecule has 0 unspecified atom stereocenters. The normalized spacial score (nSPS) is 13.4. The maximum absolute atomic E-state index is 9.71. The van der Waals surface area contributed by atoms with Crippen LogP contribution in [-0.2, 0) is 9.47 Å². The highest BCUT2D eigenvalue weighted by atomic mass is 16.5. The van der Waals surface area contributed by atoms with Gasteiger partial charge >= 0.3 is 0 Å². The van der Waals surface area contributed by atoms with Crippen LogP contribution in [0.15, 0.2) is 61.2 Å². The number of nitrogens with one attached hydrogen (secondary N) is 2. The number of pyridine rings is 1. The Morgan fingerprint density at radius 1 is 0.949 bits per heavy atom. The van der Waals surface area contributed by atoms with E-state index in [1.807, 2.05) is 24.3 Å². The Morgan fingerprint density at radius 2 is 1.79 bits per heavy atom. The summed E-state index contributed by atoms with van der Waals surface area (Å²) < 4.78 is 16.5. The van der Waals surface area contributed by atoms with E-state index in [1.54, 1.807) is 44.0 Å². The molecule has 5 rings (SSSR count). The minimum Gasteiger partial charge on any atom is -0.489 e. The van der Waals surface area contributed by atoms with E-state index >= 15 is 0 Å². The molecular formula is C28H28N8O3. The average Bonchev–Trinajstić information content (AvgIpc) is 2.99. The number of anilines is 3. The van der Waals surface area contributed by atoms with Crippen molar-refractivity contribution in [2.75, 3.05) is 44.1 Å². The lowest BCUT2D eigenvalue weighted by molar-refractivity contribution is 0.0254. The third-order valence-corrected chi connectivity index (χ3v) is 6.07. The van der Waals surface area contributed by atoms with Crippen molar-refractivity contribution in [3.63, 3.8) is 0 Å². The van der Waals surface area contributed by atoms with E-state index in [1.165, 1.54) is 0 Å². The molecular weight excluding hydrogens is 496 g/mol. The molecule has 4 aromatic rings. The Balaban J connectivity index is 1.25. The van der Waals surface area contributed by atoms with Crippen LogP contribution in [0.3, 0.4) is 0 Å². The predicted octanol–water partition coefficient (Wildman–Crippen LogP) is 4.23. The van der Waals surface area contributed by atoms with Gasteiger partial charge in [-0.2, -0.15) is 5.26 Å². The second kappa shape index (κ2) is 12.7. The van der Waals surface area contributed by atoms with Crippen molar-refractivity contribution in [2.24, 2.45) is 0 Å². The number of ether oxygens (including phenoxy) is 3. The lowest BCUT2D eigenvalue weighted by Crippen LogP contribution is -2.26. The van der Waals surface area contributed by atoms with Crippen molar-refractivity contribution in [3.8, 4) is 34.3 Å². The monoisotopic (exact) mass is 524 g/mol. The highest BCUT2D eigenvalue weighted by Gasteiger charge is 2.17. The van der Waals surface area contributed by atoms with Crippen molar-refractivity contribution in [1.29, 1.82) is 5.26 Å². The largest absolute Gasteiger partial charge is 0.489 e. The van der Waals surface area contributed by atoms with Crippen LogP contribution < -0.4 is 15.4 Å². The van der Waals surface area contributed by atoms with E-state index in [-0.39, 0.29) is 6.10 Å². The van der Waals surface area contributed by atoms with Gasteiger partial charge in [-0.1, -0.05) is 0 Å². The molecule has 1 aliphatic heterocycles. The molecule has 11 nitrogen and oxygen atoms in total. The third kappa shape index (κ3) is 6.81. The van der Waals surface area contributed by atoms with Gasteiger partial charge in [-0.15, -0.1) is 0 Å². The molecule has 3 aromatic heterocycles. The van der Waals surface area contributed by atoms with Gasteiger partial charge in [0.1, 0.15) is 17.9 Å². The van der Waals surface area contributed by atoms with Crippen LogP contribution in [0.4, 0.5) is 17.6 Å². The first-order chi connectivity index (χ1) is 19.2. The fourth-order valence-corrected chi connectivity index (χ4v) is 4.02. The van der Waals surface area contributed by atoms with E-state index in [4.69, 9.17) is 14.2 Å². The Morgan fingerprint density at radius 3 is 2.54 bits per heavy atom. The molecule has 4 heterocycles. The van der Waals surface area contributed by atoms with E-state index in [9.17, 15) is 5.26 Å². The summed E-state index contributed by atoms with van der Waals surface area (Å²) in [6, 6.07) is 13.3. The molecule has 198 valence electrons. The molecule has 0 saturated carbocycles. The number of nitriles is 1. The van der Waals surface area contributed by atoms with Gasteiger partial charge in [0.05, 0.1) is 48.7 Å². The van der Waals surface area contributed by atoms with Crippen LogP contribution in [0, 0.1) is 11.3 Å². The molecule has 2 N–H and O–H groups in total. The van der Waals surface area contributed by atoms with Crippen molar-refractivity contribution < 1.29 is 14.2 Å². The fourth-order valence-electron chi connectivity index (χ4n) is 4.02. The first-order valence-corrected chi connectivity index (χ1v) is 12.6. The minimum atomic E-state index is 0.0570. The summed E-state index contributed by atoms with van der Waals surface area (Å²) >= 11 is 0. The Bertz CT molecular complexity index is 1420. The maximum atomic E-state index is 9.71. The van der Waals surface area contributed by atoms with Crippen molar-refractivity contribution in [1.82, 2.24) is 24.9 Å². The van der Waals surface area contributed by atoms with Gasteiger partial charge in [0.2, 0.25) is 11.9 Å². The average molecular weight is 525 g/mol. The van der Waals surface area contributed by atoms with Crippen LogP contribution in [0.5, 0.6) is 5.75 Å². The summed E-state index contributed by atoms with van der Waals surface area (Å²) in [6.45, 7) is 2.56. The molecule has 0 atom stereocenters. The third-order valence-electron chi connectivity index (χ3n) is 6.07. The molecule has 0 aliphatic carbocycles. The number of benzene rings is 1. The molecule has 39 heavy (non-hydrogen) atoms. The lowest BCUT2D eigenvalue weighted by Gasteiger charge is -2.23. The Labute approximate surface area is 226 Å². The van der Waals surface area contributed by atoms with Gasteiger partial charge in [-0.25, -0.2) is 19.9 Å². The summed E-state index contributed by atoms with van der Waals surface area (Å²) in [6.07, 6.45) is 8.50. The van der Waals surface area contributed by atoms with E-state index in [0.29, 0.717) is 55.3 Å². The molecule has 1 saturated heterocycles. The quantitative estimate of drug-likeness (QED) is 0.288. The van der Waals surface area contributed by atoms with Gasteiger partial charge in [-0.05, 0) is 36.4 Å². The lowest BCUT2D eigenvalue weighted by atomic mass is 10.1. The number of rotatable bonds is 10. The van der Waals surface area contributed by atoms with Gasteiger partial charge < -0.3 is 24.8 Å². The first-order valence-electron chi connectivity index (χ1n) is 12.6. The van der Waals surface area contributed by atoms with Gasteiger partial charge in [0, 0.05) is 56.2 Å². The van der Waals surface area contributed by atoms with Crippen LogP contribution in [0.1, 0.15) is 18.4 Å². The number of nitrogens with zero attached hydrogens (tertiary/aromatic N) is 6. The van der Waals surface area contributed by atoms with Crippen LogP contribution in [-0.4, -0.2) is 64.5 Å². The number of hydrogen-bond donors (Lipinski definition) is 2. The molecule has 1 fully saturated rings. The first kappa shape index (κ1) is 26.0. The van der Waals surface area contributed by atoms with Crippen LogP contribution >= 0.6 is 0 Å². The second-order valence-corrected chi connectivity index (χ2v) is 8.79. The van der Waals surface area contributed by atoms with Crippen molar-refractivity contribution in [3.05, 3.63) is 66.7 Å². The summed E-state index contributed by atoms with van der Waals surface area (Å²) in [5.74, 6) is 1.53. The fraction of sp³-hybridized carbons (Fsp3) is 0.286. The smallest absolute Gasteiger partial charge is 0.227 e. The number of aromatic nitrogens is 5. The summed E-state index contributed by atoms with van der Waals surface area (Å²) in [4.78, 5) is 22.1. The molecule has 1 aliphatic rings. The molecule has 1 aromatic carbocycles. The van der Waals surface area contributed by atoms with E-state index in [0.717, 1.165) is 35.3 Å². The SMILES string of the molecule is COCCNc1ncc(-c2ccc(Nc3nccc(-c4ccc(OC5CCOCC5)c(C#N)c4)n3)cn2)cn1. The zero-order chi connectivity index (χ0) is 26.9. The zero-order valence-electron chi connectivity index (χ0n) is 21.5. The predicted molar refractivity (Wildman–Crippen MR) is 146 cm³/mol. The number of methoxy groups -OCH3 is 1. The molecule has 0 bridgehead atoms. The molecule has 0 radical (unpaired) electrons. The Hall–Kier alpha value is -4.66. The maximum Gasteiger partial charge on any atom is 0.227 e. The summed E-state index contributed by atoms with van der Waals surface area (Å²) in [5.41, 5.74) is 4.22. The number of hydrogen-bond acceptors (Lipinski definition) is 11. The minimum absolute atomic E-state index is 0.0570. The zero-order valence-corrected chi connectivity index (χ0v) is 21.5. The summed E-state index contributed by atoms with van der Waals surface area (Å²) in [7, 11) is 1.65. The van der Waals surface area contributed by atoms with Gasteiger partial charge in [0.25, 0.3) is 0 Å². The van der Waals surface area contributed by atoms with E-state index in [2.05, 4.69) is 41.6 Å². The van der Waals surface area contributed by atoms with Gasteiger partial charge in [0.15, 0.2) is 0 Å². The molecule has 0 spiro atoms. The molecule has 11 heteroatoms. The summed E-state index contributed by atoms with van der Waals surface area (Å²) in [5, 5.41) is 16.0. The van der Waals surface area contributed by atoms with Crippen molar-refractivity contribution >= 4 is 17.6 Å². The highest BCUT2D eigenvalue weighted by Crippen LogP contribution is 2.28. The standard InChI is InChI=1S/C28H28N8O3/c1-37-13-10-31-27-33-16-21(17-34-27)24-4-3-22(18-32-24)35-28-30-9-6-25(36-28)19-2-5-26(20(14-19)15-29)39-23-7-11-38-12-8-23/h2-6,9,14,16-18,23H,7-8,10-13H2,1H3,(H,30,35,36)(H,31,33,34). The van der Waals surface area contributed by atoms with Gasteiger partial charge in [-0.3, -0.25) is 4.98 Å². The van der Waals surface area contributed by atoms with Crippen molar-refractivity contribution in [2.45, 2.75) is 18.9 Å².